The second kappa shape index (κ2) is 5.30. The molecule has 0 radical (unpaired) electrons. The number of rotatable bonds is 2. The fourth-order valence-electron chi connectivity index (χ4n) is 1.68. The van der Waals surface area contributed by atoms with Gasteiger partial charge in [0.15, 0.2) is 0 Å². The number of amides is 1. The molecule has 1 aliphatic heterocycles. The molecule has 1 saturated heterocycles. The van der Waals surface area contributed by atoms with Crippen LogP contribution < -0.4 is 5.32 Å². The van der Waals surface area contributed by atoms with Gasteiger partial charge in [-0.2, -0.15) is 5.26 Å². The van der Waals surface area contributed by atoms with Gasteiger partial charge in [0.05, 0.1) is 17.3 Å². The second-order valence-electron chi connectivity index (χ2n) is 3.80. The lowest BCUT2D eigenvalue weighted by molar-refractivity contribution is -0.124. The van der Waals surface area contributed by atoms with Gasteiger partial charge in [0.1, 0.15) is 6.10 Å². The van der Waals surface area contributed by atoms with Crippen molar-refractivity contribution < 1.29 is 9.53 Å². The van der Waals surface area contributed by atoms with Crippen molar-refractivity contribution in [3.8, 4) is 6.07 Å². The highest BCUT2D eigenvalue weighted by molar-refractivity contribution is 9.10. The van der Waals surface area contributed by atoms with E-state index >= 15 is 0 Å². The van der Waals surface area contributed by atoms with Crippen LogP contribution in [0.1, 0.15) is 18.4 Å². The highest BCUT2D eigenvalue weighted by atomic mass is 79.9. The quantitative estimate of drug-likeness (QED) is 0.911. The number of carbonyl (C=O) groups is 1. The van der Waals surface area contributed by atoms with E-state index in [-0.39, 0.29) is 12.0 Å². The zero-order valence-electron chi connectivity index (χ0n) is 9.07. The Morgan fingerprint density at radius 2 is 2.41 bits per heavy atom. The zero-order valence-corrected chi connectivity index (χ0v) is 10.7. The maximum atomic E-state index is 11.8. The van der Waals surface area contributed by atoms with E-state index in [1.54, 1.807) is 18.2 Å². The normalized spacial score (nSPS) is 18.7. The first-order chi connectivity index (χ1) is 8.20. The monoisotopic (exact) mass is 294 g/mol. The third-order valence-electron chi connectivity index (χ3n) is 2.58. The van der Waals surface area contributed by atoms with Gasteiger partial charge in [-0.05, 0) is 47.0 Å². The highest BCUT2D eigenvalue weighted by Crippen LogP contribution is 2.24. The Kier molecular flexibility index (Phi) is 3.77. The van der Waals surface area contributed by atoms with E-state index in [1.165, 1.54) is 0 Å². The topological polar surface area (TPSA) is 62.1 Å². The van der Waals surface area contributed by atoms with Crippen molar-refractivity contribution in [1.82, 2.24) is 0 Å². The average Bonchev–Trinajstić information content (AvgIpc) is 2.85. The molecular weight excluding hydrogens is 284 g/mol. The van der Waals surface area contributed by atoms with Gasteiger partial charge >= 0.3 is 0 Å². The molecule has 5 heteroatoms. The average molecular weight is 295 g/mol. The summed E-state index contributed by atoms with van der Waals surface area (Å²) >= 11 is 3.32. The lowest BCUT2D eigenvalue weighted by Gasteiger charge is -2.11. The highest BCUT2D eigenvalue weighted by Gasteiger charge is 2.23. The molecule has 17 heavy (non-hydrogen) atoms. The summed E-state index contributed by atoms with van der Waals surface area (Å²) in [6.45, 7) is 0.645. The van der Waals surface area contributed by atoms with Crippen LogP contribution in [-0.2, 0) is 9.53 Å². The van der Waals surface area contributed by atoms with Crippen LogP contribution in [-0.4, -0.2) is 18.6 Å². The number of hydrogen-bond donors (Lipinski definition) is 1. The van der Waals surface area contributed by atoms with Crippen LogP contribution in [0.4, 0.5) is 5.69 Å². The molecule has 0 bridgehead atoms. The second-order valence-corrected chi connectivity index (χ2v) is 4.65. The number of hydrogen-bond acceptors (Lipinski definition) is 3. The molecule has 88 valence electrons. The molecule has 1 aromatic rings. The number of nitrogens with zero attached hydrogens (tertiary/aromatic N) is 1. The predicted molar refractivity (Wildman–Crippen MR) is 66.5 cm³/mol. The van der Waals surface area contributed by atoms with Crippen LogP contribution in [0.3, 0.4) is 0 Å². The summed E-state index contributed by atoms with van der Waals surface area (Å²) in [5, 5.41) is 11.5. The first-order valence-corrected chi connectivity index (χ1v) is 6.12. The molecule has 1 amide bonds. The summed E-state index contributed by atoms with van der Waals surface area (Å²) < 4.78 is 5.99. The lowest BCUT2D eigenvalue weighted by atomic mass is 10.2. The summed E-state index contributed by atoms with van der Waals surface area (Å²) in [5.74, 6) is -0.132. The van der Waals surface area contributed by atoms with Crippen molar-refractivity contribution >= 4 is 27.5 Å². The van der Waals surface area contributed by atoms with Crippen molar-refractivity contribution in [2.24, 2.45) is 0 Å². The summed E-state index contributed by atoms with van der Waals surface area (Å²) in [6.07, 6.45) is 1.34. The number of nitriles is 1. The van der Waals surface area contributed by atoms with Gasteiger partial charge in [-0.25, -0.2) is 0 Å². The molecule has 0 aromatic heterocycles. The minimum Gasteiger partial charge on any atom is -0.368 e. The summed E-state index contributed by atoms with van der Waals surface area (Å²) in [7, 11) is 0. The summed E-state index contributed by atoms with van der Waals surface area (Å²) in [6, 6.07) is 7.07. The van der Waals surface area contributed by atoms with Gasteiger partial charge in [0.2, 0.25) is 0 Å². The molecule has 1 aliphatic rings. The first-order valence-electron chi connectivity index (χ1n) is 5.33. The van der Waals surface area contributed by atoms with Crippen LogP contribution in [0.5, 0.6) is 0 Å². The SMILES string of the molecule is N#Cc1ccc(NC(=O)C2CCCO2)c(Br)c1. The van der Waals surface area contributed by atoms with Crippen molar-refractivity contribution in [2.75, 3.05) is 11.9 Å². The van der Waals surface area contributed by atoms with Gasteiger partial charge in [0, 0.05) is 11.1 Å². The molecule has 1 N–H and O–H groups in total. The Bertz CT molecular complexity index is 476. The van der Waals surface area contributed by atoms with Gasteiger partial charge < -0.3 is 10.1 Å². The van der Waals surface area contributed by atoms with E-state index in [9.17, 15) is 4.79 Å². The zero-order chi connectivity index (χ0) is 12.3. The van der Waals surface area contributed by atoms with Gasteiger partial charge in [-0.3, -0.25) is 4.79 Å². The van der Waals surface area contributed by atoms with Gasteiger partial charge in [-0.1, -0.05) is 0 Å². The van der Waals surface area contributed by atoms with Crippen LogP contribution in [0.25, 0.3) is 0 Å². The molecule has 1 heterocycles. The Balaban J connectivity index is 2.08. The molecule has 1 fully saturated rings. The number of benzene rings is 1. The standard InChI is InChI=1S/C12H11BrN2O2/c13-9-6-8(7-14)3-4-10(9)15-12(16)11-2-1-5-17-11/h3-4,6,11H,1-2,5H2,(H,15,16). The molecule has 1 atom stereocenters. The third-order valence-corrected chi connectivity index (χ3v) is 3.23. The largest absolute Gasteiger partial charge is 0.368 e. The van der Waals surface area contributed by atoms with E-state index in [0.717, 1.165) is 12.8 Å². The number of carbonyl (C=O) groups excluding carboxylic acids is 1. The van der Waals surface area contributed by atoms with Crippen molar-refractivity contribution in [2.45, 2.75) is 18.9 Å². The molecule has 1 aromatic carbocycles. The maximum absolute atomic E-state index is 11.8. The Hall–Kier alpha value is -1.38. The number of nitrogens with one attached hydrogen (secondary N) is 1. The predicted octanol–water partition coefficient (Wildman–Crippen LogP) is 2.44. The first kappa shape index (κ1) is 12.1. The van der Waals surface area contributed by atoms with Crippen LogP contribution in [0.15, 0.2) is 22.7 Å². The number of halogens is 1. The van der Waals surface area contributed by atoms with E-state index in [2.05, 4.69) is 21.2 Å². The van der Waals surface area contributed by atoms with E-state index in [4.69, 9.17) is 10.00 Å². The fraction of sp³-hybridized carbons (Fsp3) is 0.333. The van der Waals surface area contributed by atoms with Crippen molar-refractivity contribution in [3.63, 3.8) is 0 Å². The number of anilines is 1. The van der Waals surface area contributed by atoms with E-state index in [1.807, 2.05) is 6.07 Å². The summed E-state index contributed by atoms with van der Waals surface area (Å²) in [4.78, 5) is 11.8. The minimum atomic E-state index is -0.349. The molecule has 0 spiro atoms. The van der Waals surface area contributed by atoms with E-state index < -0.39 is 0 Å². The fourth-order valence-corrected chi connectivity index (χ4v) is 2.16. The molecular formula is C12H11BrN2O2. The summed E-state index contributed by atoms with van der Waals surface area (Å²) in [5.41, 5.74) is 1.21. The molecule has 0 saturated carbocycles. The van der Waals surface area contributed by atoms with Crippen molar-refractivity contribution in [1.29, 1.82) is 5.26 Å². The Morgan fingerprint density at radius 3 is 3.00 bits per heavy atom. The minimum absolute atomic E-state index is 0.132. The molecule has 0 aliphatic carbocycles. The smallest absolute Gasteiger partial charge is 0.253 e. The third kappa shape index (κ3) is 2.84. The van der Waals surface area contributed by atoms with Crippen LogP contribution in [0, 0.1) is 11.3 Å². The van der Waals surface area contributed by atoms with Gasteiger partial charge in [-0.15, -0.1) is 0 Å². The number of ether oxygens (including phenoxy) is 1. The molecule has 4 nitrogen and oxygen atoms in total. The lowest BCUT2D eigenvalue weighted by Crippen LogP contribution is -2.26. The van der Waals surface area contributed by atoms with E-state index in [0.29, 0.717) is 22.3 Å². The molecule has 2 rings (SSSR count). The van der Waals surface area contributed by atoms with Crippen LogP contribution in [0.2, 0.25) is 0 Å². The van der Waals surface area contributed by atoms with Gasteiger partial charge in [0.25, 0.3) is 5.91 Å². The Morgan fingerprint density at radius 1 is 1.59 bits per heavy atom. The maximum Gasteiger partial charge on any atom is 0.253 e. The van der Waals surface area contributed by atoms with Crippen LogP contribution >= 0.6 is 15.9 Å². The molecule has 1 unspecified atom stereocenters. The van der Waals surface area contributed by atoms with Crippen molar-refractivity contribution in [3.05, 3.63) is 28.2 Å². The Labute approximate surface area is 108 Å².